The Morgan fingerprint density at radius 3 is 2.80 bits per heavy atom. The zero-order valence-corrected chi connectivity index (χ0v) is 9.51. The molecule has 0 aliphatic carbocycles. The molecule has 0 aliphatic rings. The fourth-order valence-corrected chi connectivity index (χ4v) is 1.82. The van der Waals surface area contributed by atoms with Crippen LogP contribution < -0.4 is 0 Å². The fraction of sp³-hybridized carbons (Fsp3) is 0.333. The highest BCUT2D eigenvalue weighted by atomic mass is 35.5. The SMILES string of the molecule is CC(C)(O)Cc1coc2cc(Cl)ccc12. The van der Waals surface area contributed by atoms with Crippen LogP contribution in [-0.4, -0.2) is 10.7 Å². The molecule has 0 amide bonds. The van der Waals surface area contributed by atoms with Crippen LogP contribution in [0.4, 0.5) is 0 Å². The first-order chi connectivity index (χ1) is 6.96. The van der Waals surface area contributed by atoms with Gasteiger partial charge in [0.05, 0.1) is 11.9 Å². The number of furan rings is 1. The normalized spacial score (nSPS) is 12.3. The van der Waals surface area contributed by atoms with Crippen molar-refractivity contribution in [1.82, 2.24) is 0 Å². The van der Waals surface area contributed by atoms with Gasteiger partial charge in [0.1, 0.15) is 5.58 Å². The van der Waals surface area contributed by atoms with Gasteiger partial charge in [0.15, 0.2) is 0 Å². The van der Waals surface area contributed by atoms with Gasteiger partial charge >= 0.3 is 0 Å². The molecule has 15 heavy (non-hydrogen) atoms. The highest BCUT2D eigenvalue weighted by Gasteiger charge is 2.17. The minimum atomic E-state index is -0.726. The fourth-order valence-electron chi connectivity index (χ4n) is 1.66. The summed E-state index contributed by atoms with van der Waals surface area (Å²) >= 11 is 5.85. The zero-order valence-electron chi connectivity index (χ0n) is 8.75. The second kappa shape index (κ2) is 3.54. The van der Waals surface area contributed by atoms with E-state index in [1.165, 1.54) is 0 Å². The van der Waals surface area contributed by atoms with Gasteiger partial charge in [-0.25, -0.2) is 0 Å². The third-order valence-electron chi connectivity index (χ3n) is 2.24. The number of rotatable bonds is 2. The van der Waals surface area contributed by atoms with Crippen LogP contribution in [-0.2, 0) is 6.42 Å². The van der Waals surface area contributed by atoms with Gasteiger partial charge in [-0.05, 0) is 32.0 Å². The molecule has 1 N–H and O–H groups in total. The van der Waals surface area contributed by atoms with Gasteiger partial charge < -0.3 is 9.52 Å². The van der Waals surface area contributed by atoms with E-state index in [0.717, 1.165) is 16.5 Å². The molecule has 0 aliphatic heterocycles. The van der Waals surface area contributed by atoms with E-state index in [2.05, 4.69) is 0 Å². The lowest BCUT2D eigenvalue weighted by molar-refractivity contribution is 0.0811. The molecule has 0 saturated carbocycles. The number of aliphatic hydroxyl groups is 1. The predicted octanol–water partition coefficient (Wildman–Crippen LogP) is 3.40. The van der Waals surface area contributed by atoms with E-state index >= 15 is 0 Å². The topological polar surface area (TPSA) is 33.4 Å². The lowest BCUT2D eigenvalue weighted by atomic mass is 9.98. The maximum Gasteiger partial charge on any atom is 0.135 e. The molecule has 0 bridgehead atoms. The summed E-state index contributed by atoms with van der Waals surface area (Å²) in [6.45, 7) is 3.56. The van der Waals surface area contributed by atoms with Crippen molar-refractivity contribution in [3.8, 4) is 0 Å². The second-order valence-electron chi connectivity index (χ2n) is 4.39. The quantitative estimate of drug-likeness (QED) is 0.848. The first-order valence-corrected chi connectivity index (χ1v) is 5.21. The van der Waals surface area contributed by atoms with E-state index in [-0.39, 0.29) is 0 Å². The van der Waals surface area contributed by atoms with Crippen LogP contribution in [0, 0.1) is 0 Å². The third-order valence-corrected chi connectivity index (χ3v) is 2.48. The highest BCUT2D eigenvalue weighted by Crippen LogP contribution is 2.26. The van der Waals surface area contributed by atoms with Gasteiger partial charge in [0.2, 0.25) is 0 Å². The van der Waals surface area contributed by atoms with E-state index in [0.29, 0.717) is 11.4 Å². The Kier molecular flexibility index (Phi) is 2.49. The summed E-state index contributed by atoms with van der Waals surface area (Å²) in [7, 11) is 0. The molecule has 80 valence electrons. The Morgan fingerprint density at radius 2 is 2.13 bits per heavy atom. The second-order valence-corrected chi connectivity index (χ2v) is 4.83. The monoisotopic (exact) mass is 224 g/mol. The maximum absolute atomic E-state index is 9.74. The van der Waals surface area contributed by atoms with Crippen molar-refractivity contribution in [3.05, 3.63) is 35.0 Å². The lowest BCUT2D eigenvalue weighted by Crippen LogP contribution is -2.21. The predicted molar refractivity (Wildman–Crippen MR) is 61.2 cm³/mol. The molecule has 1 aromatic heterocycles. The number of benzene rings is 1. The molecular formula is C12H13ClO2. The zero-order chi connectivity index (χ0) is 11.1. The van der Waals surface area contributed by atoms with Gasteiger partial charge in [-0.2, -0.15) is 0 Å². The van der Waals surface area contributed by atoms with Crippen LogP contribution in [0.2, 0.25) is 5.02 Å². The summed E-state index contributed by atoms with van der Waals surface area (Å²) in [6, 6.07) is 5.53. The van der Waals surface area contributed by atoms with Crippen LogP contribution in [0.1, 0.15) is 19.4 Å². The minimum absolute atomic E-state index is 0.571. The molecular weight excluding hydrogens is 212 g/mol. The molecule has 0 fully saturated rings. The summed E-state index contributed by atoms with van der Waals surface area (Å²) < 4.78 is 5.38. The van der Waals surface area contributed by atoms with Gasteiger partial charge in [-0.15, -0.1) is 0 Å². The molecule has 1 heterocycles. The van der Waals surface area contributed by atoms with Gasteiger partial charge in [-0.1, -0.05) is 11.6 Å². The Morgan fingerprint density at radius 1 is 1.40 bits per heavy atom. The lowest BCUT2D eigenvalue weighted by Gasteiger charge is -2.15. The van der Waals surface area contributed by atoms with Crippen LogP contribution in [0.25, 0.3) is 11.0 Å². The number of halogens is 1. The summed E-state index contributed by atoms with van der Waals surface area (Å²) in [4.78, 5) is 0. The largest absolute Gasteiger partial charge is 0.464 e. The smallest absolute Gasteiger partial charge is 0.135 e. The average Bonchev–Trinajstić information content (AvgIpc) is 2.45. The van der Waals surface area contributed by atoms with Crippen molar-refractivity contribution in [2.24, 2.45) is 0 Å². The van der Waals surface area contributed by atoms with Crippen LogP contribution in [0.15, 0.2) is 28.9 Å². The first kappa shape index (κ1) is 10.5. The molecule has 0 atom stereocenters. The van der Waals surface area contributed by atoms with Crippen molar-refractivity contribution in [1.29, 1.82) is 0 Å². The standard InChI is InChI=1S/C12H13ClO2/c1-12(2,14)6-8-7-15-11-5-9(13)3-4-10(8)11/h3-5,7,14H,6H2,1-2H3. The van der Waals surface area contributed by atoms with Crippen molar-refractivity contribution in [2.45, 2.75) is 25.9 Å². The van der Waals surface area contributed by atoms with Crippen LogP contribution >= 0.6 is 11.6 Å². The molecule has 2 aromatic rings. The van der Waals surface area contributed by atoms with E-state index < -0.39 is 5.60 Å². The van der Waals surface area contributed by atoms with E-state index in [1.54, 1.807) is 26.2 Å². The highest BCUT2D eigenvalue weighted by molar-refractivity contribution is 6.31. The van der Waals surface area contributed by atoms with Crippen molar-refractivity contribution >= 4 is 22.6 Å². The van der Waals surface area contributed by atoms with Crippen LogP contribution in [0.5, 0.6) is 0 Å². The Hall–Kier alpha value is -0.990. The number of fused-ring (bicyclic) bond motifs is 1. The number of hydrogen-bond donors (Lipinski definition) is 1. The molecule has 0 unspecified atom stereocenters. The minimum Gasteiger partial charge on any atom is -0.464 e. The Balaban J connectivity index is 2.45. The van der Waals surface area contributed by atoms with E-state index in [9.17, 15) is 5.11 Å². The molecule has 1 aromatic carbocycles. The van der Waals surface area contributed by atoms with Crippen molar-refractivity contribution in [3.63, 3.8) is 0 Å². The summed E-state index contributed by atoms with van der Waals surface area (Å²) in [5.74, 6) is 0. The summed E-state index contributed by atoms with van der Waals surface area (Å²) in [5.41, 5.74) is 1.05. The molecule has 0 saturated heterocycles. The first-order valence-electron chi connectivity index (χ1n) is 4.84. The third kappa shape index (κ3) is 2.33. The molecule has 3 heteroatoms. The van der Waals surface area contributed by atoms with Crippen LogP contribution in [0.3, 0.4) is 0 Å². The van der Waals surface area contributed by atoms with Crippen molar-refractivity contribution < 1.29 is 9.52 Å². The van der Waals surface area contributed by atoms with E-state index in [4.69, 9.17) is 16.0 Å². The Labute approximate surface area is 93.5 Å². The number of hydrogen-bond acceptors (Lipinski definition) is 2. The van der Waals surface area contributed by atoms with Crippen molar-refractivity contribution in [2.75, 3.05) is 0 Å². The molecule has 0 radical (unpaired) electrons. The molecule has 2 nitrogen and oxygen atoms in total. The summed E-state index contributed by atoms with van der Waals surface area (Å²) in [5, 5.41) is 11.4. The van der Waals surface area contributed by atoms with E-state index in [1.807, 2.05) is 12.1 Å². The van der Waals surface area contributed by atoms with Gasteiger partial charge in [0.25, 0.3) is 0 Å². The average molecular weight is 225 g/mol. The maximum atomic E-state index is 9.74. The molecule has 2 rings (SSSR count). The van der Waals surface area contributed by atoms with Gasteiger partial charge in [0, 0.05) is 22.4 Å². The Bertz CT molecular complexity index is 480. The van der Waals surface area contributed by atoms with Gasteiger partial charge in [-0.3, -0.25) is 0 Å². The summed E-state index contributed by atoms with van der Waals surface area (Å²) in [6.07, 6.45) is 2.25. The molecule has 0 spiro atoms.